The Hall–Kier alpha value is -0.0500. The van der Waals surface area contributed by atoms with Crippen molar-refractivity contribution in [2.45, 2.75) is 41.5 Å². The summed E-state index contributed by atoms with van der Waals surface area (Å²) in [6.07, 6.45) is 0. The molecule has 0 aromatic rings. The zero-order valence-corrected chi connectivity index (χ0v) is 11.0. The van der Waals surface area contributed by atoms with E-state index in [9.17, 15) is 8.42 Å². The number of rotatable bonds is 0. The molecule has 0 bridgehead atoms. The Morgan fingerprint density at radius 3 is 1.21 bits per heavy atom. The molecule has 0 amide bonds. The van der Waals surface area contributed by atoms with E-state index in [-0.39, 0.29) is 16.2 Å². The van der Waals surface area contributed by atoms with Crippen molar-refractivity contribution in [1.29, 1.82) is 0 Å². The molecule has 0 N–H and O–H groups in total. The lowest BCUT2D eigenvalue weighted by molar-refractivity contribution is -0.00215. The molecule has 1 rings (SSSR count). The maximum absolute atomic E-state index is 11.4. The highest BCUT2D eigenvalue weighted by Crippen LogP contribution is 2.58. The SMILES string of the molecule is CC(C)(C)C1(C(C)(C)C)CS(=O)(=O)C1. The molecule has 0 aromatic carbocycles. The van der Waals surface area contributed by atoms with Crippen molar-refractivity contribution in [2.75, 3.05) is 11.5 Å². The molecule has 0 saturated carbocycles. The minimum absolute atomic E-state index is 0.0522. The van der Waals surface area contributed by atoms with Crippen molar-refractivity contribution in [2.24, 2.45) is 16.2 Å². The van der Waals surface area contributed by atoms with E-state index in [0.717, 1.165) is 0 Å². The summed E-state index contributed by atoms with van der Waals surface area (Å²) < 4.78 is 22.8. The maximum Gasteiger partial charge on any atom is 0.151 e. The molecule has 14 heavy (non-hydrogen) atoms. The van der Waals surface area contributed by atoms with Crippen molar-refractivity contribution in [3.63, 3.8) is 0 Å². The van der Waals surface area contributed by atoms with Gasteiger partial charge in [-0.2, -0.15) is 0 Å². The molecule has 1 heterocycles. The number of hydrogen-bond acceptors (Lipinski definition) is 2. The van der Waals surface area contributed by atoms with E-state index in [1.165, 1.54) is 0 Å². The smallest absolute Gasteiger partial charge is 0.151 e. The molecule has 0 unspecified atom stereocenters. The molecular weight excluding hydrogens is 196 g/mol. The lowest BCUT2D eigenvalue weighted by Gasteiger charge is -2.58. The quantitative estimate of drug-likeness (QED) is 0.626. The van der Waals surface area contributed by atoms with Crippen LogP contribution >= 0.6 is 0 Å². The summed E-state index contributed by atoms with van der Waals surface area (Å²) in [6, 6.07) is 0. The van der Waals surface area contributed by atoms with Gasteiger partial charge in [0.2, 0.25) is 0 Å². The average molecular weight is 218 g/mol. The molecule has 0 aliphatic carbocycles. The third-order valence-corrected chi connectivity index (χ3v) is 5.67. The predicted octanol–water partition coefficient (Wildman–Crippen LogP) is 2.49. The summed E-state index contributed by atoms with van der Waals surface area (Å²) in [5, 5.41) is 0. The van der Waals surface area contributed by atoms with Gasteiger partial charge in [0.15, 0.2) is 9.84 Å². The lowest BCUT2D eigenvalue weighted by atomic mass is 9.55. The van der Waals surface area contributed by atoms with E-state index >= 15 is 0 Å². The van der Waals surface area contributed by atoms with Crippen LogP contribution in [0.15, 0.2) is 0 Å². The number of hydrogen-bond donors (Lipinski definition) is 0. The molecule has 1 aliphatic heterocycles. The summed E-state index contributed by atoms with van der Waals surface area (Å²) in [7, 11) is -2.76. The van der Waals surface area contributed by atoms with Gasteiger partial charge < -0.3 is 0 Å². The normalized spacial score (nSPS) is 25.6. The fourth-order valence-electron chi connectivity index (χ4n) is 2.70. The highest BCUT2D eigenvalue weighted by molar-refractivity contribution is 7.92. The zero-order valence-electron chi connectivity index (χ0n) is 10.1. The Morgan fingerprint density at radius 2 is 1.14 bits per heavy atom. The first-order valence-electron chi connectivity index (χ1n) is 5.12. The van der Waals surface area contributed by atoms with Gasteiger partial charge in [-0.25, -0.2) is 8.42 Å². The van der Waals surface area contributed by atoms with Crippen molar-refractivity contribution < 1.29 is 8.42 Å². The molecule has 0 spiro atoms. The second-order valence-electron chi connectivity index (χ2n) is 6.61. The first-order chi connectivity index (χ1) is 5.91. The fraction of sp³-hybridized carbons (Fsp3) is 1.00. The highest BCUT2D eigenvalue weighted by atomic mass is 32.2. The lowest BCUT2D eigenvalue weighted by Crippen LogP contribution is -2.62. The van der Waals surface area contributed by atoms with Crippen LogP contribution in [0.25, 0.3) is 0 Å². The summed E-state index contributed by atoms with van der Waals surface area (Å²) in [5.41, 5.74) is 0.0476. The molecule has 84 valence electrons. The molecule has 1 fully saturated rings. The molecule has 0 aromatic heterocycles. The van der Waals surface area contributed by atoms with Crippen LogP contribution in [0.4, 0.5) is 0 Å². The summed E-state index contributed by atoms with van der Waals surface area (Å²) in [5.74, 6) is 0.708. The van der Waals surface area contributed by atoms with Gasteiger partial charge in [0.05, 0.1) is 11.5 Å². The van der Waals surface area contributed by atoms with E-state index in [4.69, 9.17) is 0 Å². The van der Waals surface area contributed by atoms with Crippen molar-refractivity contribution in [1.82, 2.24) is 0 Å². The van der Waals surface area contributed by atoms with E-state index in [0.29, 0.717) is 11.5 Å². The van der Waals surface area contributed by atoms with Crippen molar-refractivity contribution in [3.05, 3.63) is 0 Å². The maximum atomic E-state index is 11.4. The topological polar surface area (TPSA) is 34.1 Å². The third-order valence-electron chi connectivity index (χ3n) is 3.80. The minimum atomic E-state index is -2.76. The Balaban J connectivity index is 3.11. The second-order valence-corrected chi connectivity index (χ2v) is 8.68. The van der Waals surface area contributed by atoms with E-state index in [2.05, 4.69) is 41.5 Å². The first kappa shape index (κ1) is 12.0. The standard InChI is InChI=1S/C11H22O2S/c1-9(2,3)11(10(4,5)6)7-14(12,13)8-11/h7-8H2,1-6H3. The van der Waals surface area contributed by atoms with Gasteiger partial charge in [-0.15, -0.1) is 0 Å². The van der Waals surface area contributed by atoms with Crippen LogP contribution in [0.1, 0.15) is 41.5 Å². The molecule has 1 aliphatic rings. The van der Waals surface area contributed by atoms with E-state index < -0.39 is 9.84 Å². The monoisotopic (exact) mass is 218 g/mol. The van der Waals surface area contributed by atoms with Gasteiger partial charge in [0.25, 0.3) is 0 Å². The van der Waals surface area contributed by atoms with Gasteiger partial charge in [-0.05, 0) is 10.8 Å². The van der Waals surface area contributed by atoms with Crippen LogP contribution < -0.4 is 0 Å². The Labute approximate surface area is 88.0 Å². The van der Waals surface area contributed by atoms with E-state index in [1.807, 2.05) is 0 Å². The second kappa shape index (κ2) is 2.75. The first-order valence-corrected chi connectivity index (χ1v) is 6.94. The van der Waals surface area contributed by atoms with Crippen LogP contribution in [-0.4, -0.2) is 19.9 Å². The van der Waals surface area contributed by atoms with Gasteiger partial charge in [-0.1, -0.05) is 41.5 Å². The molecule has 0 radical (unpaired) electrons. The highest BCUT2D eigenvalue weighted by Gasteiger charge is 2.61. The largest absolute Gasteiger partial charge is 0.229 e. The summed E-state index contributed by atoms with van der Waals surface area (Å²) in [4.78, 5) is 0. The van der Waals surface area contributed by atoms with Crippen LogP contribution in [0.5, 0.6) is 0 Å². The molecule has 1 saturated heterocycles. The fourth-order valence-corrected chi connectivity index (χ4v) is 5.85. The van der Waals surface area contributed by atoms with Crippen molar-refractivity contribution >= 4 is 9.84 Å². The van der Waals surface area contributed by atoms with Crippen LogP contribution in [0.3, 0.4) is 0 Å². The van der Waals surface area contributed by atoms with Crippen molar-refractivity contribution in [3.8, 4) is 0 Å². The Morgan fingerprint density at radius 1 is 0.857 bits per heavy atom. The third kappa shape index (κ3) is 1.60. The van der Waals surface area contributed by atoms with Crippen LogP contribution in [0.2, 0.25) is 0 Å². The Bertz CT molecular complexity index is 297. The van der Waals surface area contributed by atoms with Gasteiger partial charge >= 0.3 is 0 Å². The Kier molecular flexibility index (Phi) is 2.36. The van der Waals surface area contributed by atoms with Gasteiger partial charge in [-0.3, -0.25) is 0 Å². The minimum Gasteiger partial charge on any atom is -0.229 e. The summed E-state index contributed by atoms with van der Waals surface area (Å²) >= 11 is 0. The average Bonchev–Trinajstić information content (AvgIpc) is 1.75. The van der Waals surface area contributed by atoms with Crippen LogP contribution in [0, 0.1) is 16.2 Å². The van der Waals surface area contributed by atoms with Gasteiger partial charge in [0, 0.05) is 5.41 Å². The molecule has 2 nitrogen and oxygen atoms in total. The zero-order chi connectivity index (χ0) is 11.4. The number of sulfone groups is 1. The molecular formula is C11H22O2S. The van der Waals surface area contributed by atoms with Crippen LogP contribution in [-0.2, 0) is 9.84 Å². The summed E-state index contributed by atoms with van der Waals surface area (Å²) in [6.45, 7) is 12.9. The predicted molar refractivity (Wildman–Crippen MR) is 60.0 cm³/mol. The van der Waals surface area contributed by atoms with E-state index in [1.54, 1.807) is 0 Å². The molecule has 3 heteroatoms. The molecule has 0 atom stereocenters. The van der Waals surface area contributed by atoms with Gasteiger partial charge in [0.1, 0.15) is 0 Å².